The minimum absolute atomic E-state index is 0.184. The summed E-state index contributed by atoms with van der Waals surface area (Å²) in [6, 6.07) is 6.25. The summed E-state index contributed by atoms with van der Waals surface area (Å²) < 4.78 is 40.0. The van der Waals surface area contributed by atoms with E-state index in [0.29, 0.717) is 0 Å². The molecule has 0 saturated heterocycles. The fourth-order valence-electron chi connectivity index (χ4n) is 3.46. The molecule has 0 fully saturated rings. The molecular weight excluding hydrogens is 303 g/mol. The second-order valence-corrected chi connectivity index (χ2v) is 6.05. The van der Waals surface area contributed by atoms with Crippen LogP contribution >= 0.6 is 0 Å². The van der Waals surface area contributed by atoms with Gasteiger partial charge in [0.1, 0.15) is 6.04 Å². The molecule has 2 aliphatic rings. The molecule has 2 atom stereocenters. The summed E-state index contributed by atoms with van der Waals surface area (Å²) in [6.45, 7) is 1.51. The fourth-order valence-corrected chi connectivity index (χ4v) is 3.46. The summed E-state index contributed by atoms with van der Waals surface area (Å²) in [5, 5.41) is 0. The van der Waals surface area contributed by atoms with Crippen LogP contribution in [0.15, 0.2) is 41.5 Å². The summed E-state index contributed by atoms with van der Waals surface area (Å²) in [7, 11) is 1.60. The van der Waals surface area contributed by atoms with E-state index in [1.54, 1.807) is 11.9 Å². The van der Waals surface area contributed by atoms with Crippen LogP contribution in [0.2, 0.25) is 0 Å². The van der Waals surface area contributed by atoms with Crippen molar-refractivity contribution in [1.29, 1.82) is 0 Å². The van der Waals surface area contributed by atoms with E-state index in [1.807, 2.05) is 24.3 Å². The Kier molecular flexibility index (Phi) is 3.92. The number of ketones is 1. The third-order valence-corrected chi connectivity index (χ3v) is 4.68. The minimum Gasteiger partial charge on any atom is -0.292 e. The number of nitrogens with zero attached hydrogens (tertiary/aromatic N) is 1. The van der Waals surface area contributed by atoms with Gasteiger partial charge in [0.15, 0.2) is 5.78 Å². The molecule has 0 N–H and O–H groups in total. The molecule has 23 heavy (non-hydrogen) atoms. The van der Waals surface area contributed by atoms with Crippen LogP contribution in [-0.4, -0.2) is 29.9 Å². The molecule has 1 aromatic rings. The summed E-state index contributed by atoms with van der Waals surface area (Å²) in [4.78, 5) is 14.0. The van der Waals surface area contributed by atoms with Crippen LogP contribution in [0.4, 0.5) is 13.2 Å². The number of rotatable bonds is 2. The van der Waals surface area contributed by atoms with Crippen molar-refractivity contribution in [3.05, 3.63) is 58.7 Å². The summed E-state index contributed by atoms with van der Waals surface area (Å²) in [5.74, 6) is -0.522. The smallest absolute Gasteiger partial charge is 0.292 e. The third-order valence-electron chi connectivity index (χ3n) is 4.68. The molecule has 121 valence electrons. The van der Waals surface area contributed by atoms with Crippen molar-refractivity contribution in [3.8, 4) is 0 Å². The summed E-state index contributed by atoms with van der Waals surface area (Å²) in [5.41, 5.74) is 1.56. The predicted molar refractivity (Wildman–Crippen MR) is 80.6 cm³/mol. The molecular formula is C18H17F3NO. The standard InChI is InChI=1S/C18H17F3NO/c1-11-7-9-14(18(19,20)21)16(17(11)23)22(2)15-10-8-12-5-3-4-6-13(12)15/h3-6,9,15-16H,8,10H2,1-2H3. The number of alkyl halides is 3. The summed E-state index contributed by atoms with van der Waals surface area (Å²) >= 11 is 0. The third kappa shape index (κ3) is 2.74. The number of likely N-dealkylation sites (N-methyl/N-ethyl adjacent to an activating group) is 1. The molecule has 0 aliphatic heterocycles. The molecule has 0 amide bonds. The van der Waals surface area contributed by atoms with E-state index in [0.717, 1.165) is 30.0 Å². The van der Waals surface area contributed by atoms with Gasteiger partial charge in [0.2, 0.25) is 0 Å². The predicted octanol–water partition coefficient (Wildman–Crippen LogP) is 3.80. The maximum absolute atomic E-state index is 13.3. The number of carbonyl (C=O) groups excluding carboxylic acids is 1. The number of allylic oxidation sites excluding steroid dienone is 2. The number of Topliss-reactive ketones (excluding diaryl/α,β-unsaturated/α-hetero) is 1. The van der Waals surface area contributed by atoms with E-state index in [-0.39, 0.29) is 11.6 Å². The van der Waals surface area contributed by atoms with Gasteiger partial charge in [0.25, 0.3) is 0 Å². The molecule has 0 spiro atoms. The Balaban J connectivity index is 1.98. The Labute approximate surface area is 133 Å². The van der Waals surface area contributed by atoms with Crippen LogP contribution in [0.5, 0.6) is 0 Å². The Hall–Kier alpha value is -1.88. The highest BCUT2D eigenvalue weighted by molar-refractivity contribution is 6.02. The quantitative estimate of drug-likeness (QED) is 0.826. The van der Waals surface area contributed by atoms with Crippen LogP contribution in [0.1, 0.15) is 30.5 Å². The van der Waals surface area contributed by atoms with E-state index in [4.69, 9.17) is 0 Å². The lowest BCUT2D eigenvalue weighted by Gasteiger charge is -2.36. The van der Waals surface area contributed by atoms with Crippen molar-refractivity contribution in [2.45, 2.75) is 38.0 Å². The zero-order valence-electron chi connectivity index (χ0n) is 12.9. The largest absolute Gasteiger partial charge is 0.414 e. The number of hydrogen-bond donors (Lipinski definition) is 0. The van der Waals surface area contributed by atoms with Crippen LogP contribution in [0, 0.1) is 6.08 Å². The van der Waals surface area contributed by atoms with E-state index >= 15 is 0 Å². The monoisotopic (exact) mass is 320 g/mol. The normalized spacial score (nSPS) is 24.5. The van der Waals surface area contributed by atoms with Gasteiger partial charge in [0.05, 0.1) is 5.57 Å². The van der Waals surface area contributed by atoms with Crippen LogP contribution < -0.4 is 0 Å². The molecule has 1 radical (unpaired) electrons. The lowest BCUT2D eigenvalue weighted by molar-refractivity contribution is -0.128. The highest BCUT2D eigenvalue weighted by Gasteiger charge is 2.46. The first-order valence-corrected chi connectivity index (χ1v) is 7.52. The molecule has 1 aromatic carbocycles. The highest BCUT2D eigenvalue weighted by atomic mass is 19.4. The van der Waals surface area contributed by atoms with Gasteiger partial charge in [-0.1, -0.05) is 24.3 Å². The van der Waals surface area contributed by atoms with Crippen molar-refractivity contribution < 1.29 is 18.0 Å². The van der Waals surface area contributed by atoms with Gasteiger partial charge in [-0.25, -0.2) is 0 Å². The SMILES string of the molecule is CC1=[C]C=C(C(F)(F)F)C(N(C)C2CCc3ccccc32)C1=O. The van der Waals surface area contributed by atoms with Crippen molar-refractivity contribution in [2.24, 2.45) is 0 Å². The molecule has 0 aromatic heterocycles. The number of fused-ring (bicyclic) bond motifs is 1. The Morgan fingerprint density at radius 3 is 2.65 bits per heavy atom. The topological polar surface area (TPSA) is 20.3 Å². The number of hydrogen-bond acceptors (Lipinski definition) is 2. The maximum atomic E-state index is 13.3. The van der Waals surface area contributed by atoms with E-state index in [1.165, 1.54) is 6.92 Å². The summed E-state index contributed by atoms with van der Waals surface area (Å²) in [6.07, 6.45) is 0.353. The molecule has 3 rings (SSSR count). The van der Waals surface area contributed by atoms with Gasteiger partial charge >= 0.3 is 6.18 Å². The van der Waals surface area contributed by atoms with Crippen LogP contribution in [-0.2, 0) is 11.2 Å². The molecule has 0 saturated carbocycles. The van der Waals surface area contributed by atoms with Crippen molar-refractivity contribution in [3.63, 3.8) is 0 Å². The van der Waals surface area contributed by atoms with Gasteiger partial charge in [-0.3, -0.25) is 9.69 Å². The van der Waals surface area contributed by atoms with Crippen LogP contribution in [0.3, 0.4) is 0 Å². The fraction of sp³-hybridized carbons (Fsp3) is 0.389. The first kappa shape index (κ1) is 16.0. The Morgan fingerprint density at radius 2 is 1.96 bits per heavy atom. The molecule has 5 heteroatoms. The van der Waals surface area contributed by atoms with Crippen molar-refractivity contribution >= 4 is 5.78 Å². The lowest BCUT2D eigenvalue weighted by atomic mass is 9.89. The molecule has 0 heterocycles. The average Bonchev–Trinajstić information content (AvgIpc) is 2.92. The molecule has 2 unspecified atom stereocenters. The molecule has 2 nitrogen and oxygen atoms in total. The highest BCUT2D eigenvalue weighted by Crippen LogP contribution is 2.41. The molecule has 2 aliphatic carbocycles. The minimum atomic E-state index is -4.54. The van der Waals surface area contributed by atoms with E-state index < -0.39 is 23.6 Å². The number of halogens is 3. The van der Waals surface area contributed by atoms with Gasteiger partial charge in [-0.05, 0) is 50.1 Å². The Morgan fingerprint density at radius 1 is 1.26 bits per heavy atom. The zero-order chi connectivity index (χ0) is 16.8. The second-order valence-electron chi connectivity index (χ2n) is 6.05. The lowest BCUT2D eigenvalue weighted by Crippen LogP contribution is -2.46. The molecule has 0 bridgehead atoms. The number of carbonyl (C=O) groups is 1. The first-order chi connectivity index (χ1) is 10.8. The number of benzene rings is 1. The van der Waals surface area contributed by atoms with Crippen LogP contribution in [0.25, 0.3) is 0 Å². The van der Waals surface area contributed by atoms with Crippen molar-refractivity contribution in [2.75, 3.05) is 7.05 Å². The number of aryl methyl sites for hydroxylation is 1. The van der Waals surface area contributed by atoms with Gasteiger partial charge < -0.3 is 0 Å². The zero-order valence-corrected chi connectivity index (χ0v) is 12.9. The van der Waals surface area contributed by atoms with Gasteiger partial charge in [0, 0.05) is 11.6 Å². The van der Waals surface area contributed by atoms with Crippen molar-refractivity contribution in [1.82, 2.24) is 4.90 Å². The van der Waals surface area contributed by atoms with E-state index in [9.17, 15) is 18.0 Å². The Bertz CT molecular complexity index is 702. The average molecular weight is 320 g/mol. The van der Waals surface area contributed by atoms with Gasteiger partial charge in [-0.15, -0.1) is 0 Å². The van der Waals surface area contributed by atoms with E-state index in [2.05, 4.69) is 6.08 Å². The van der Waals surface area contributed by atoms with Gasteiger partial charge in [-0.2, -0.15) is 13.2 Å². The maximum Gasteiger partial charge on any atom is 0.414 e. The second kappa shape index (κ2) is 5.64. The first-order valence-electron chi connectivity index (χ1n) is 7.52.